The lowest BCUT2D eigenvalue weighted by molar-refractivity contribution is -0.117. The molecule has 0 fully saturated rings. The van der Waals surface area contributed by atoms with Crippen LogP contribution < -0.4 is 16.4 Å². The first-order valence-electron chi connectivity index (χ1n) is 4.92. The minimum absolute atomic E-state index is 0.301. The highest BCUT2D eigenvalue weighted by molar-refractivity contribution is 5.96. The molecule has 0 aliphatic rings. The summed E-state index contributed by atoms with van der Waals surface area (Å²) in [7, 11) is 0. The summed E-state index contributed by atoms with van der Waals surface area (Å²) >= 11 is 0. The molecule has 1 rings (SSSR count). The zero-order valence-electron chi connectivity index (χ0n) is 9.28. The largest absolute Gasteiger partial charge is 0.352 e. The number of primary amides is 1. The number of urea groups is 1. The van der Waals surface area contributed by atoms with Crippen LogP contribution in [0.1, 0.15) is 12.5 Å². The maximum Gasteiger partial charge on any atom is 0.312 e. The van der Waals surface area contributed by atoms with Gasteiger partial charge in [0.05, 0.1) is 0 Å². The highest BCUT2D eigenvalue weighted by atomic mass is 16.2. The van der Waals surface area contributed by atoms with Crippen LogP contribution in [0.3, 0.4) is 0 Å². The number of aryl methyl sites for hydroxylation is 1. The van der Waals surface area contributed by atoms with E-state index in [4.69, 9.17) is 5.73 Å². The molecule has 16 heavy (non-hydrogen) atoms. The van der Waals surface area contributed by atoms with Crippen LogP contribution in [0, 0.1) is 6.92 Å². The summed E-state index contributed by atoms with van der Waals surface area (Å²) in [5.41, 5.74) is 6.67. The van der Waals surface area contributed by atoms with E-state index in [1.54, 1.807) is 13.0 Å². The lowest BCUT2D eigenvalue weighted by Crippen LogP contribution is -2.44. The quantitative estimate of drug-likeness (QED) is 0.711. The van der Waals surface area contributed by atoms with Crippen LogP contribution in [0.15, 0.2) is 24.3 Å². The summed E-state index contributed by atoms with van der Waals surface area (Å²) in [4.78, 5) is 22.1. The van der Waals surface area contributed by atoms with Crippen LogP contribution in [-0.4, -0.2) is 18.0 Å². The second-order valence-corrected chi connectivity index (χ2v) is 3.59. The van der Waals surface area contributed by atoms with Gasteiger partial charge in [0.25, 0.3) is 0 Å². The van der Waals surface area contributed by atoms with Crippen LogP contribution in [0.25, 0.3) is 0 Å². The van der Waals surface area contributed by atoms with Gasteiger partial charge in [-0.25, -0.2) is 4.79 Å². The molecule has 0 bridgehead atoms. The molecule has 4 N–H and O–H groups in total. The van der Waals surface area contributed by atoms with E-state index < -0.39 is 12.1 Å². The van der Waals surface area contributed by atoms with Crippen molar-refractivity contribution in [3.8, 4) is 0 Å². The predicted molar refractivity (Wildman–Crippen MR) is 62.0 cm³/mol. The van der Waals surface area contributed by atoms with Crippen LogP contribution in [-0.2, 0) is 4.79 Å². The molecule has 0 heterocycles. The van der Waals surface area contributed by atoms with Gasteiger partial charge in [0.2, 0.25) is 5.91 Å². The van der Waals surface area contributed by atoms with Gasteiger partial charge >= 0.3 is 6.03 Å². The number of carbonyl (C=O) groups excluding carboxylic acids is 2. The first kappa shape index (κ1) is 12.0. The summed E-state index contributed by atoms with van der Waals surface area (Å²) in [6.07, 6.45) is 0. The van der Waals surface area contributed by atoms with Crippen LogP contribution in [0.5, 0.6) is 0 Å². The molecule has 0 saturated carbocycles. The lowest BCUT2D eigenvalue weighted by atomic mass is 10.2. The van der Waals surface area contributed by atoms with Gasteiger partial charge in [-0.2, -0.15) is 0 Å². The van der Waals surface area contributed by atoms with Crippen molar-refractivity contribution in [1.82, 2.24) is 5.32 Å². The molecular weight excluding hydrogens is 206 g/mol. The van der Waals surface area contributed by atoms with E-state index >= 15 is 0 Å². The van der Waals surface area contributed by atoms with Gasteiger partial charge in [0, 0.05) is 5.69 Å². The van der Waals surface area contributed by atoms with E-state index in [1.165, 1.54) is 0 Å². The highest BCUT2D eigenvalue weighted by Gasteiger charge is 2.13. The number of hydrogen-bond donors (Lipinski definition) is 3. The molecule has 0 saturated heterocycles. The number of rotatable bonds is 3. The van der Waals surface area contributed by atoms with Crippen molar-refractivity contribution >= 4 is 17.6 Å². The lowest BCUT2D eigenvalue weighted by Gasteiger charge is -2.12. The monoisotopic (exact) mass is 221 g/mol. The Labute approximate surface area is 94.0 Å². The molecule has 5 nitrogen and oxygen atoms in total. The first-order valence-corrected chi connectivity index (χ1v) is 4.92. The number of benzene rings is 1. The fourth-order valence-electron chi connectivity index (χ4n) is 1.25. The van der Waals surface area contributed by atoms with Crippen molar-refractivity contribution in [1.29, 1.82) is 0 Å². The van der Waals surface area contributed by atoms with E-state index in [0.717, 1.165) is 5.56 Å². The maximum absolute atomic E-state index is 11.6. The predicted octanol–water partition coefficient (Wildman–Crippen LogP) is 0.990. The topological polar surface area (TPSA) is 84.2 Å². The number of carbonyl (C=O) groups is 2. The summed E-state index contributed by atoms with van der Waals surface area (Å²) in [6, 6.07) is 6.03. The van der Waals surface area contributed by atoms with Crippen molar-refractivity contribution in [2.75, 3.05) is 5.32 Å². The summed E-state index contributed by atoms with van der Waals surface area (Å²) in [5.74, 6) is -0.301. The number of amides is 3. The Morgan fingerprint density at radius 3 is 2.62 bits per heavy atom. The molecule has 1 atom stereocenters. The first-order chi connectivity index (χ1) is 7.49. The third-order valence-electron chi connectivity index (χ3n) is 2.04. The summed E-state index contributed by atoms with van der Waals surface area (Å²) in [5, 5.41) is 4.98. The van der Waals surface area contributed by atoms with E-state index in [9.17, 15) is 9.59 Å². The maximum atomic E-state index is 11.6. The van der Waals surface area contributed by atoms with Gasteiger partial charge in [-0.3, -0.25) is 4.79 Å². The van der Waals surface area contributed by atoms with Crippen molar-refractivity contribution in [3.05, 3.63) is 29.8 Å². The molecule has 1 aromatic rings. The van der Waals surface area contributed by atoms with Crippen molar-refractivity contribution in [2.24, 2.45) is 5.73 Å². The van der Waals surface area contributed by atoms with E-state index in [-0.39, 0.29) is 5.91 Å². The smallest absolute Gasteiger partial charge is 0.312 e. The van der Waals surface area contributed by atoms with Crippen molar-refractivity contribution < 1.29 is 9.59 Å². The number of nitrogens with two attached hydrogens (primary N) is 1. The molecule has 0 spiro atoms. The molecule has 0 aliphatic heterocycles. The minimum Gasteiger partial charge on any atom is -0.352 e. The molecular formula is C11H15N3O2. The highest BCUT2D eigenvalue weighted by Crippen LogP contribution is 2.09. The zero-order valence-corrected chi connectivity index (χ0v) is 9.28. The van der Waals surface area contributed by atoms with Gasteiger partial charge in [0.15, 0.2) is 0 Å². The second-order valence-electron chi connectivity index (χ2n) is 3.59. The summed E-state index contributed by atoms with van der Waals surface area (Å²) < 4.78 is 0. The Morgan fingerprint density at radius 1 is 1.38 bits per heavy atom. The van der Waals surface area contributed by atoms with E-state index in [1.807, 2.05) is 25.1 Å². The second kappa shape index (κ2) is 5.16. The Balaban J connectivity index is 2.60. The van der Waals surface area contributed by atoms with Gasteiger partial charge in [-0.1, -0.05) is 12.1 Å². The average molecular weight is 221 g/mol. The molecule has 0 unspecified atom stereocenters. The average Bonchev–Trinajstić information content (AvgIpc) is 2.16. The minimum atomic E-state index is -0.716. The Hall–Kier alpha value is -2.04. The van der Waals surface area contributed by atoms with Crippen molar-refractivity contribution in [3.63, 3.8) is 0 Å². The number of hydrogen-bond acceptors (Lipinski definition) is 2. The number of nitrogens with one attached hydrogen (secondary N) is 2. The van der Waals surface area contributed by atoms with Gasteiger partial charge < -0.3 is 16.4 Å². The van der Waals surface area contributed by atoms with E-state index in [0.29, 0.717) is 5.69 Å². The Morgan fingerprint density at radius 2 is 2.06 bits per heavy atom. The Kier molecular flexibility index (Phi) is 3.88. The standard InChI is InChI=1S/C11H15N3O2/c1-7-4-3-5-9(6-7)14-10(15)8(2)13-11(12)16/h3-6,8H,1-2H3,(H,14,15)(H3,12,13,16)/t8-/m0/s1. The SMILES string of the molecule is Cc1cccc(NC(=O)[C@H](C)NC(N)=O)c1. The molecule has 5 heteroatoms. The van der Waals surface area contributed by atoms with E-state index in [2.05, 4.69) is 10.6 Å². The summed E-state index contributed by atoms with van der Waals surface area (Å²) in [6.45, 7) is 3.50. The van der Waals surface area contributed by atoms with Gasteiger partial charge in [-0.15, -0.1) is 0 Å². The van der Waals surface area contributed by atoms with Gasteiger partial charge in [0.1, 0.15) is 6.04 Å². The van der Waals surface area contributed by atoms with Crippen LogP contribution in [0.2, 0.25) is 0 Å². The Bertz CT molecular complexity index is 404. The molecule has 3 amide bonds. The third kappa shape index (κ3) is 3.61. The number of anilines is 1. The van der Waals surface area contributed by atoms with Gasteiger partial charge in [-0.05, 0) is 31.5 Å². The van der Waals surface area contributed by atoms with Crippen molar-refractivity contribution in [2.45, 2.75) is 19.9 Å². The fraction of sp³-hybridized carbons (Fsp3) is 0.273. The molecule has 1 aromatic carbocycles. The van der Waals surface area contributed by atoms with Crippen LogP contribution >= 0.6 is 0 Å². The molecule has 0 aliphatic carbocycles. The normalized spacial score (nSPS) is 11.6. The molecule has 0 radical (unpaired) electrons. The van der Waals surface area contributed by atoms with Crippen LogP contribution in [0.4, 0.5) is 10.5 Å². The third-order valence-corrected chi connectivity index (χ3v) is 2.04. The molecule has 0 aromatic heterocycles. The molecule has 86 valence electrons. The fourth-order valence-corrected chi connectivity index (χ4v) is 1.25. The zero-order chi connectivity index (χ0) is 12.1.